The highest BCUT2D eigenvalue weighted by Gasteiger charge is 2.06. The zero-order valence-corrected chi connectivity index (χ0v) is 14.0. The summed E-state index contributed by atoms with van der Waals surface area (Å²) in [5.41, 5.74) is 3.43. The van der Waals surface area contributed by atoms with Gasteiger partial charge in [-0.2, -0.15) is 0 Å². The second-order valence-corrected chi connectivity index (χ2v) is 5.56. The molecule has 2 rings (SSSR count). The molecule has 0 aliphatic carbocycles. The van der Waals surface area contributed by atoms with Crippen molar-refractivity contribution in [3.63, 3.8) is 0 Å². The minimum Gasteiger partial charge on any atom is -0.491 e. The first-order valence-electron chi connectivity index (χ1n) is 7.84. The van der Waals surface area contributed by atoms with E-state index in [-0.39, 0.29) is 0 Å². The zero-order valence-electron chi connectivity index (χ0n) is 14.0. The number of hydrogen-bond donors (Lipinski definition) is 2. The van der Waals surface area contributed by atoms with Crippen molar-refractivity contribution in [2.45, 2.75) is 20.0 Å². The van der Waals surface area contributed by atoms with Crippen molar-refractivity contribution in [2.24, 2.45) is 0 Å². The second kappa shape index (κ2) is 9.05. The van der Waals surface area contributed by atoms with Gasteiger partial charge in [0.15, 0.2) is 0 Å². The average molecular weight is 329 g/mol. The SMILES string of the molecule is COCCOc1cc(C)ccc1CNCc1cccc(C(=O)O)c1. The van der Waals surface area contributed by atoms with Crippen LogP contribution >= 0.6 is 0 Å². The second-order valence-electron chi connectivity index (χ2n) is 5.56. The maximum absolute atomic E-state index is 11.0. The zero-order chi connectivity index (χ0) is 17.4. The summed E-state index contributed by atoms with van der Waals surface area (Å²) < 4.78 is 10.8. The Hall–Kier alpha value is -2.37. The van der Waals surface area contributed by atoms with Crippen molar-refractivity contribution in [3.05, 3.63) is 64.7 Å². The van der Waals surface area contributed by atoms with E-state index in [2.05, 4.69) is 5.32 Å². The lowest BCUT2D eigenvalue weighted by Crippen LogP contribution is -2.15. The molecule has 0 spiro atoms. The van der Waals surface area contributed by atoms with Gasteiger partial charge in [-0.3, -0.25) is 0 Å². The van der Waals surface area contributed by atoms with Crippen LogP contribution in [0.2, 0.25) is 0 Å². The van der Waals surface area contributed by atoms with Gasteiger partial charge in [0.2, 0.25) is 0 Å². The van der Waals surface area contributed by atoms with Gasteiger partial charge < -0.3 is 19.9 Å². The third-order valence-corrected chi connectivity index (χ3v) is 3.59. The van der Waals surface area contributed by atoms with E-state index in [4.69, 9.17) is 14.6 Å². The molecule has 5 heteroatoms. The van der Waals surface area contributed by atoms with E-state index >= 15 is 0 Å². The molecule has 0 unspecified atom stereocenters. The van der Waals surface area contributed by atoms with E-state index in [0.29, 0.717) is 31.9 Å². The lowest BCUT2D eigenvalue weighted by Gasteiger charge is -2.13. The highest BCUT2D eigenvalue weighted by Crippen LogP contribution is 2.20. The largest absolute Gasteiger partial charge is 0.491 e. The summed E-state index contributed by atoms with van der Waals surface area (Å²) >= 11 is 0. The van der Waals surface area contributed by atoms with Gasteiger partial charge in [-0.05, 0) is 36.2 Å². The van der Waals surface area contributed by atoms with Crippen molar-refractivity contribution >= 4 is 5.97 Å². The number of hydrogen-bond acceptors (Lipinski definition) is 4. The predicted molar refractivity (Wildman–Crippen MR) is 92.5 cm³/mol. The van der Waals surface area contributed by atoms with Crippen LogP contribution in [0.3, 0.4) is 0 Å². The summed E-state index contributed by atoms with van der Waals surface area (Å²) in [7, 11) is 1.65. The topological polar surface area (TPSA) is 67.8 Å². The number of ether oxygens (including phenoxy) is 2. The summed E-state index contributed by atoms with van der Waals surface area (Å²) in [6, 6.07) is 13.0. The molecule has 0 atom stereocenters. The fourth-order valence-electron chi connectivity index (χ4n) is 2.33. The first kappa shape index (κ1) is 18.0. The smallest absolute Gasteiger partial charge is 0.335 e. The van der Waals surface area contributed by atoms with Crippen molar-refractivity contribution in [1.82, 2.24) is 5.32 Å². The standard InChI is InChI=1S/C19H23NO4/c1-14-6-7-17(18(10-14)24-9-8-23-2)13-20-12-15-4-3-5-16(11-15)19(21)22/h3-7,10-11,20H,8-9,12-13H2,1-2H3,(H,21,22). The molecule has 0 saturated carbocycles. The van der Waals surface area contributed by atoms with E-state index in [1.54, 1.807) is 25.3 Å². The van der Waals surface area contributed by atoms with E-state index < -0.39 is 5.97 Å². The number of aryl methyl sites for hydroxylation is 1. The minimum absolute atomic E-state index is 0.299. The maximum atomic E-state index is 11.0. The predicted octanol–water partition coefficient (Wildman–Crippen LogP) is 3.01. The molecular formula is C19H23NO4. The van der Waals surface area contributed by atoms with E-state index in [0.717, 1.165) is 22.4 Å². The van der Waals surface area contributed by atoms with Gasteiger partial charge in [0.25, 0.3) is 0 Å². The monoisotopic (exact) mass is 329 g/mol. The summed E-state index contributed by atoms with van der Waals surface area (Å²) in [6.07, 6.45) is 0. The number of nitrogens with one attached hydrogen (secondary N) is 1. The maximum Gasteiger partial charge on any atom is 0.335 e. The fourth-order valence-corrected chi connectivity index (χ4v) is 2.33. The Morgan fingerprint density at radius 2 is 1.96 bits per heavy atom. The Kier molecular flexibility index (Phi) is 6.78. The van der Waals surface area contributed by atoms with Crippen molar-refractivity contribution in [2.75, 3.05) is 20.3 Å². The van der Waals surface area contributed by atoms with Gasteiger partial charge in [-0.15, -0.1) is 0 Å². The number of carbonyl (C=O) groups is 1. The molecule has 0 bridgehead atoms. The number of carboxylic acid groups (broad SMARTS) is 1. The van der Waals surface area contributed by atoms with Crippen LogP contribution in [-0.2, 0) is 17.8 Å². The van der Waals surface area contributed by atoms with Gasteiger partial charge in [0, 0.05) is 25.8 Å². The summed E-state index contributed by atoms with van der Waals surface area (Å²) in [6.45, 7) is 4.31. The van der Waals surface area contributed by atoms with Crippen molar-refractivity contribution < 1.29 is 19.4 Å². The number of benzene rings is 2. The molecule has 2 aromatic rings. The van der Waals surface area contributed by atoms with Gasteiger partial charge >= 0.3 is 5.97 Å². The van der Waals surface area contributed by atoms with Crippen LogP contribution < -0.4 is 10.1 Å². The van der Waals surface area contributed by atoms with Crippen LogP contribution in [-0.4, -0.2) is 31.4 Å². The summed E-state index contributed by atoms with van der Waals surface area (Å²) in [5, 5.41) is 12.4. The molecule has 24 heavy (non-hydrogen) atoms. The average Bonchev–Trinajstić information content (AvgIpc) is 2.57. The van der Waals surface area contributed by atoms with Crippen LogP contribution in [0.5, 0.6) is 5.75 Å². The van der Waals surface area contributed by atoms with Gasteiger partial charge in [-0.1, -0.05) is 24.3 Å². The van der Waals surface area contributed by atoms with Crippen LogP contribution in [0, 0.1) is 6.92 Å². The van der Waals surface area contributed by atoms with Crippen LogP contribution in [0.4, 0.5) is 0 Å². The van der Waals surface area contributed by atoms with Crippen LogP contribution in [0.25, 0.3) is 0 Å². The molecule has 2 N–H and O–H groups in total. The lowest BCUT2D eigenvalue weighted by atomic mass is 10.1. The molecule has 0 radical (unpaired) electrons. The molecule has 0 aromatic heterocycles. The molecule has 0 saturated heterocycles. The highest BCUT2D eigenvalue weighted by molar-refractivity contribution is 5.87. The first-order chi connectivity index (χ1) is 11.6. The van der Waals surface area contributed by atoms with Gasteiger partial charge in [-0.25, -0.2) is 4.79 Å². The molecule has 0 fully saturated rings. The Morgan fingerprint density at radius 1 is 1.12 bits per heavy atom. The molecule has 5 nitrogen and oxygen atoms in total. The number of methoxy groups -OCH3 is 1. The van der Waals surface area contributed by atoms with E-state index in [1.807, 2.05) is 31.2 Å². The molecule has 0 heterocycles. The van der Waals surface area contributed by atoms with E-state index in [1.165, 1.54) is 0 Å². The highest BCUT2D eigenvalue weighted by atomic mass is 16.5. The summed E-state index contributed by atoms with van der Waals surface area (Å²) in [4.78, 5) is 11.0. The molecule has 128 valence electrons. The van der Waals surface area contributed by atoms with E-state index in [9.17, 15) is 4.79 Å². The quantitative estimate of drug-likeness (QED) is 0.692. The van der Waals surface area contributed by atoms with Crippen LogP contribution in [0.15, 0.2) is 42.5 Å². The molecule has 0 aliphatic rings. The van der Waals surface area contributed by atoms with Gasteiger partial charge in [0.05, 0.1) is 12.2 Å². The fraction of sp³-hybridized carbons (Fsp3) is 0.316. The van der Waals surface area contributed by atoms with Crippen molar-refractivity contribution in [3.8, 4) is 5.75 Å². The Labute approximate surface area is 142 Å². The number of rotatable bonds is 9. The summed E-state index contributed by atoms with van der Waals surface area (Å²) in [5.74, 6) is -0.0666. The third-order valence-electron chi connectivity index (χ3n) is 3.59. The number of carboxylic acids is 1. The van der Waals surface area contributed by atoms with Gasteiger partial charge in [0.1, 0.15) is 12.4 Å². The Morgan fingerprint density at radius 3 is 2.71 bits per heavy atom. The van der Waals surface area contributed by atoms with Crippen molar-refractivity contribution in [1.29, 1.82) is 0 Å². The molecule has 0 aliphatic heterocycles. The lowest BCUT2D eigenvalue weighted by molar-refractivity contribution is 0.0696. The Balaban J connectivity index is 1.96. The molecule has 0 amide bonds. The molecular weight excluding hydrogens is 306 g/mol. The normalized spacial score (nSPS) is 10.6. The number of aromatic carboxylic acids is 1. The Bertz CT molecular complexity index is 685. The van der Waals surface area contributed by atoms with Crippen LogP contribution in [0.1, 0.15) is 27.0 Å². The first-order valence-corrected chi connectivity index (χ1v) is 7.84. The minimum atomic E-state index is -0.913. The third kappa shape index (κ3) is 5.37. The molecule has 2 aromatic carbocycles.